The van der Waals surface area contributed by atoms with Crippen molar-refractivity contribution in [2.75, 3.05) is 4.90 Å². The fraction of sp³-hybridized carbons (Fsp3) is 0.261. The number of fused-ring (bicyclic) bond motifs is 1. The lowest BCUT2D eigenvalue weighted by Crippen LogP contribution is -2.45. The Morgan fingerprint density at radius 3 is 2.50 bits per heavy atom. The van der Waals surface area contributed by atoms with Crippen molar-refractivity contribution in [2.45, 2.75) is 38.5 Å². The second-order valence-electron chi connectivity index (χ2n) is 7.88. The van der Waals surface area contributed by atoms with E-state index in [9.17, 15) is 14.9 Å². The van der Waals surface area contributed by atoms with Crippen LogP contribution in [-0.2, 0) is 26.4 Å². The van der Waals surface area contributed by atoms with Crippen molar-refractivity contribution < 1.29 is 19.1 Å². The molecule has 0 aromatic heterocycles. The van der Waals surface area contributed by atoms with Crippen LogP contribution < -0.4 is 4.90 Å². The van der Waals surface area contributed by atoms with E-state index >= 15 is 0 Å². The summed E-state index contributed by atoms with van der Waals surface area (Å²) in [6.45, 7) is 9.08. The Morgan fingerprint density at radius 2 is 1.90 bits per heavy atom. The summed E-state index contributed by atoms with van der Waals surface area (Å²) < 4.78 is 11.7. The molecule has 0 spiro atoms. The number of carbonyl (C=O) groups excluding carboxylic acids is 2. The summed E-state index contributed by atoms with van der Waals surface area (Å²) in [6, 6.07) is 16.7. The van der Waals surface area contributed by atoms with Crippen LogP contribution in [0, 0.1) is 14.9 Å². The van der Waals surface area contributed by atoms with Crippen molar-refractivity contribution in [1.29, 1.82) is 5.26 Å². The SMILES string of the molecule is C=C(C#N)C1(OC(=O)OC(C)(C)C)C(=O)N(Cc2ccccc2)c2ccc(I)cc21. The van der Waals surface area contributed by atoms with Gasteiger partial charge < -0.3 is 14.4 Å². The van der Waals surface area contributed by atoms with Gasteiger partial charge in [0.15, 0.2) is 0 Å². The number of halogens is 1. The maximum Gasteiger partial charge on any atom is 0.510 e. The molecule has 7 heteroatoms. The standard InChI is InChI=1S/C23H21IN2O4/c1-15(13-25)23(30-21(28)29-22(2,3)4)18-12-17(24)10-11-19(18)26(20(23)27)14-16-8-6-5-7-9-16/h5-12H,1,14H2,2-4H3. The Labute approximate surface area is 189 Å². The van der Waals surface area contributed by atoms with E-state index in [1.165, 1.54) is 4.90 Å². The van der Waals surface area contributed by atoms with E-state index in [1.807, 2.05) is 42.5 Å². The molecule has 0 aliphatic carbocycles. The van der Waals surface area contributed by atoms with E-state index in [1.54, 1.807) is 32.9 Å². The highest BCUT2D eigenvalue weighted by atomic mass is 127. The van der Waals surface area contributed by atoms with Crippen LogP contribution in [0.1, 0.15) is 31.9 Å². The van der Waals surface area contributed by atoms with Crippen molar-refractivity contribution in [3.8, 4) is 6.07 Å². The highest BCUT2D eigenvalue weighted by Gasteiger charge is 2.57. The molecule has 0 saturated carbocycles. The van der Waals surface area contributed by atoms with Crippen molar-refractivity contribution >= 4 is 40.3 Å². The summed E-state index contributed by atoms with van der Waals surface area (Å²) in [5.41, 5.74) is -1.13. The molecule has 154 valence electrons. The third kappa shape index (κ3) is 4.05. The van der Waals surface area contributed by atoms with E-state index in [4.69, 9.17) is 9.47 Å². The fourth-order valence-electron chi connectivity index (χ4n) is 3.29. The lowest BCUT2D eigenvalue weighted by atomic mass is 9.88. The molecule has 2 aromatic rings. The number of nitrogens with zero attached hydrogens (tertiary/aromatic N) is 2. The molecule has 6 nitrogen and oxygen atoms in total. The summed E-state index contributed by atoms with van der Waals surface area (Å²) in [4.78, 5) is 27.8. The number of ether oxygens (including phenoxy) is 2. The number of anilines is 1. The first-order valence-electron chi connectivity index (χ1n) is 9.26. The van der Waals surface area contributed by atoms with Gasteiger partial charge in [0.25, 0.3) is 11.5 Å². The van der Waals surface area contributed by atoms with Gasteiger partial charge in [-0.05, 0) is 67.1 Å². The average Bonchev–Trinajstić information content (AvgIpc) is 2.89. The monoisotopic (exact) mass is 516 g/mol. The number of benzene rings is 2. The molecule has 1 unspecified atom stereocenters. The molecule has 0 radical (unpaired) electrons. The van der Waals surface area contributed by atoms with Gasteiger partial charge in [0.05, 0.1) is 23.9 Å². The van der Waals surface area contributed by atoms with Crippen LogP contribution in [0.2, 0.25) is 0 Å². The van der Waals surface area contributed by atoms with Crippen LogP contribution in [0.3, 0.4) is 0 Å². The first-order valence-corrected chi connectivity index (χ1v) is 10.3. The quantitative estimate of drug-likeness (QED) is 0.322. The Kier molecular flexibility index (Phi) is 5.90. The predicted octanol–water partition coefficient (Wildman–Crippen LogP) is 5.06. The number of hydrogen-bond acceptors (Lipinski definition) is 5. The lowest BCUT2D eigenvalue weighted by Gasteiger charge is -2.29. The normalized spacial score (nSPS) is 17.8. The van der Waals surface area contributed by atoms with Crippen LogP contribution in [0.5, 0.6) is 0 Å². The Balaban J connectivity index is 2.13. The number of nitriles is 1. The van der Waals surface area contributed by atoms with Crippen molar-refractivity contribution in [3.63, 3.8) is 0 Å². The van der Waals surface area contributed by atoms with Crippen molar-refractivity contribution in [1.82, 2.24) is 0 Å². The molecule has 1 aliphatic rings. The molecule has 0 N–H and O–H groups in total. The molecule has 1 amide bonds. The Morgan fingerprint density at radius 1 is 1.23 bits per heavy atom. The molecule has 1 heterocycles. The lowest BCUT2D eigenvalue weighted by molar-refractivity contribution is -0.137. The van der Waals surface area contributed by atoms with Crippen molar-refractivity contribution in [2.24, 2.45) is 0 Å². The highest BCUT2D eigenvalue weighted by Crippen LogP contribution is 2.48. The molecular formula is C23H21IN2O4. The van der Waals surface area contributed by atoms with Gasteiger partial charge in [0, 0.05) is 9.13 Å². The molecule has 1 atom stereocenters. The minimum Gasteiger partial charge on any atom is -0.429 e. The third-order valence-electron chi connectivity index (χ3n) is 4.54. The van der Waals surface area contributed by atoms with Gasteiger partial charge in [-0.15, -0.1) is 0 Å². The van der Waals surface area contributed by atoms with Crippen LogP contribution in [0.15, 0.2) is 60.7 Å². The maximum absolute atomic E-state index is 13.7. The topological polar surface area (TPSA) is 79.6 Å². The van der Waals surface area contributed by atoms with Crippen LogP contribution >= 0.6 is 22.6 Å². The van der Waals surface area contributed by atoms with Crippen LogP contribution in [0.4, 0.5) is 10.5 Å². The molecule has 2 aromatic carbocycles. The molecule has 0 bridgehead atoms. The Hall–Kier alpha value is -2.86. The van der Waals surface area contributed by atoms with Gasteiger partial charge in [-0.2, -0.15) is 5.26 Å². The minimum atomic E-state index is -1.97. The maximum atomic E-state index is 13.7. The summed E-state index contributed by atoms with van der Waals surface area (Å²) in [7, 11) is 0. The Bertz CT molecular complexity index is 1050. The van der Waals surface area contributed by atoms with Crippen molar-refractivity contribution in [3.05, 3.63) is 75.4 Å². The number of hydrogen-bond donors (Lipinski definition) is 0. The largest absolute Gasteiger partial charge is 0.510 e. The van der Waals surface area contributed by atoms with Crippen LogP contribution in [0.25, 0.3) is 0 Å². The van der Waals surface area contributed by atoms with E-state index in [0.29, 0.717) is 11.3 Å². The van der Waals surface area contributed by atoms with Gasteiger partial charge in [-0.1, -0.05) is 36.9 Å². The molecule has 3 rings (SSSR count). The first kappa shape index (κ1) is 21.8. The number of amides is 1. The van der Waals surface area contributed by atoms with Gasteiger partial charge in [-0.3, -0.25) is 4.79 Å². The molecule has 0 saturated heterocycles. The first-order chi connectivity index (χ1) is 14.1. The second kappa shape index (κ2) is 8.11. The van der Waals surface area contributed by atoms with E-state index in [0.717, 1.165) is 9.13 Å². The van der Waals surface area contributed by atoms with E-state index in [-0.39, 0.29) is 12.1 Å². The second-order valence-corrected chi connectivity index (χ2v) is 9.12. The molecule has 30 heavy (non-hydrogen) atoms. The predicted molar refractivity (Wildman–Crippen MR) is 121 cm³/mol. The smallest absolute Gasteiger partial charge is 0.429 e. The fourth-order valence-corrected chi connectivity index (χ4v) is 3.78. The van der Waals surface area contributed by atoms with Gasteiger partial charge in [0.1, 0.15) is 5.60 Å². The summed E-state index contributed by atoms with van der Waals surface area (Å²) in [5, 5.41) is 9.64. The minimum absolute atomic E-state index is 0.183. The number of rotatable bonds is 4. The van der Waals surface area contributed by atoms with E-state index in [2.05, 4.69) is 29.2 Å². The molecule has 1 aliphatic heterocycles. The van der Waals surface area contributed by atoms with Crippen LogP contribution in [-0.4, -0.2) is 17.7 Å². The van der Waals surface area contributed by atoms with Gasteiger partial charge in [-0.25, -0.2) is 4.79 Å². The summed E-state index contributed by atoms with van der Waals surface area (Å²) in [6.07, 6.45) is -1.04. The average molecular weight is 516 g/mol. The molecular weight excluding hydrogens is 495 g/mol. The summed E-state index contributed by atoms with van der Waals surface area (Å²) in [5.74, 6) is -0.555. The zero-order chi connectivity index (χ0) is 22.1. The zero-order valence-corrected chi connectivity index (χ0v) is 19.1. The zero-order valence-electron chi connectivity index (χ0n) is 16.9. The summed E-state index contributed by atoms with van der Waals surface area (Å²) >= 11 is 2.10. The number of carbonyl (C=O) groups is 2. The highest BCUT2D eigenvalue weighted by molar-refractivity contribution is 14.1. The van der Waals surface area contributed by atoms with E-state index < -0.39 is 23.3 Å². The van der Waals surface area contributed by atoms with Gasteiger partial charge in [0.2, 0.25) is 0 Å². The van der Waals surface area contributed by atoms with Gasteiger partial charge >= 0.3 is 6.16 Å². The third-order valence-corrected chi connectivity index (χ3v) is 5.22. The molecule has 0 fully saturated rings.